The van der Waals surface area contributed by atoms with Crippen molar-refractivity contribution in [2.45, 2.75) is 19.3 Å². The number of methoxy groups -OCH3 is 1. The largest absolute Gasteiger partial charge is 0.494 e. The quantitative estimate of drug-likeness (QED) is 0.703. The Morgan fingerprint density at radius 1 is 1.22 bits per heavy atom. The normalized spacial score (nSPS) is 16.8. The molecule has 1 aromatic heterocycles. The highest BCUT2D eigenvalue weighted by atomic mass is 19.1. The molecule has 4 rings (SSSR count). The molecule has 7 heteroatoms. The first-order valence-electron chi connectivity index (χ1n) is 8.59. The first-order chi connectivity index (χ1) is 13.0. The first kappa shape index (κ1) is 17.2. The Bertz CT molecular complexity index is 984. The first-order valence-corrected chi connectivity index (χ1v) is 8.59. The van der Waals surface area contributed by atoms with E-state index in [-0.39, 0.29) is 23.5 Å². The van der Waals surface area contributed by atoms with Crippen molar-refractivity contribution in [1.82, 2.24) is 10.1 Å². The average molecular weight is 367 g/mol. The molecule has 0 N–H and O–H groups in total. The molecular weight excluding hydrogens is 349 g/mol. The molecule has 1 aliphatic heterocycles. The molecular formula is C20H18FN3O3. The van der Waals surface area contributed by atoms with E-state index in [1.807, 2.05) is 31.2 Å². The third kappa shape index (κ3) is 3.28. The maximum atomic E-state index is 13.9. The monoisotopic (exact) mass is 367 g/mol. The van der Waals surface area contributed by atoms with Gasteiger partial charge in [-0.2, -0.15) is 4.98 Å². The summed E-state index contributed by atoms with van der Waals surface area (Å²) < 4.78 is 24.1. The topological polar surface area (TPSA) is 68.5 Å². The van der Waals surface area contributed by atoms with E-state index in [4.69, 9.17) is 9.26 Å². The third-order valence-corrected chi connectivity index (χ3v) is 4.68. The zero-order valence-electron chi connectivity index (χ0n) is 15.0. The van der Waals surface area contributed by atoms with Crippen LogP contribution in [-0.2, 0) is 4.79 Å². The van der Waals surface area contributed by atoms with Crippen molar-refractivity contribution in [3.63, 3.8) is 0 Å². The summed E-state index contributed by atoms with van der Waals surface area (Å²) in [6.45, 7) is 2.49. The Morgan fingerprint density at radius 3 is 2.70 bits per heavy atom. The van der Waals surface area contributed by atoms with Crippen LogP contribution >= 0.6 is 0 Å². The summed E-state index contributed by atoms with van der Waals surface area (Å²) in [7, 11) is 1.40. The summed E-state index contributed by atoms with van der Waals surface area (Å²) in [4.78, 5) is 18.5. The number of aryl methyl sites for hydroxylation is 1. The van der Waals surface area contributed by atoms with E-state index in [1.54, 1.807) is 11.0 Å². The van der Waals surface area contributed by atoms with Crippen LogP contribution in [0.25, 0.3) is 11.5 Å². The Hall–Kier alpha value is -3.22. The number of nitrogens with zero attached hydrogens (tertiary/aromatic N) is 3. The lowest BCUT2D eigenvalue weighted by atomic mass is 10.1. The van der Waals surface area contributed by atoms with E-state index in [9.17, 15) is 9.18 Å². The average Bonchev–Trinajstić information content (AvgIpc) is 3.29. The Kier molecular flexibility index (Phi) is 4.35. The number of rotatable bonds is 4. The zero-order chi connectivity index (χ0) is 19.0. The van der Waals surface area contributed by atoms with Crippen LogP contribution in [0.15, 0.2) is 47.0 Å². The molecule has 2 heterocycles. The molecule has 1 atom stereocenters. The van der Waals surface area contributed by atoms with Gasteiger partial charge in [0.05, 0.1) is 7.11 Å². The number of aromatic nitrogens is 2. The summed E-state index contributed by atoms with van der Waals surface area (Å²) in [5.41, 5.74) is 2.46. The smallest absolute Gasteiger partial charge is 0.258 e. The Balaban J connectivity index is 1.54. The van der Waals surface area contributed by atoms with Crippen LogP contribution in [0.4, 0.5) is 10.1 Å². The lowest BCUT2D eigenvalue weighted by molar-refractivity contribution is -0.117. The van der Waals surface area contributed by atoms with Gasteiger partial charge in [0, 0.05) is 30.1 Å². The Morgan fingerprint density at radius 2 is 2.00 bits per heavy atom. The van der Waals surface area contributed by atoms with Crippen molar-refractivity contribution in [2.24, 2.45) is 0 Å². The number of benzene rings is 2. The fourth-order valence-electron chi connectivity index (χ4n) is 3.17. The van der Waals surface area contributed by atoms with Gasteiger partial charge in [0.15, 0.2) is 17.4 Å². The fourth-order valence-corrected chi connectivity index (χ4v) is 3.17. The molecule has 138 valence electrons. The highest BCUT2D eigenvalue weighted by Gasteiger charge is 2.34. The molecule has 1 aliphatic rings. The van der Waals surface area contributed by atoms with Gasteiger partial charge < -0.3 is 14.2 Å². The number of hydrogen-bond donors (Lipinski definition) is 0. The molecule has 0 unspecified atom stereocenters. The van der Waals surface area contributed by atoms with Crippen molar-refractivity contribution >= 4 is 11.6 Å². The molecule has 0 aliphatic carbocycles. The molecule has 1 saturated heterocycles. The minimum atomic E-state index is -0.503. The van der Waals surface area contributed by atoms with E-state index in [0.29, 0.717) is 24.4 Å². The fraction of sp³-hybridized carbons (Fsp3) is 0.250. The van der Waals surface area contributed by atoms with E-state index in [2.05, 4.69) is 10.1 Å². The van der Waals surface area contributed by atoms with Gasteiger partial charge in [0.25, 0.3) is 5.89 Å². The second kappa shape index (κ2) is 6.83. The van der Waals surface area contributed by atoms with E-state index < -0.39 is 5.82 Å². The Labute approximate surface area is 155 Å². The minimum Gasteiger partial charge on any atom is -0.494 e. The summed E-state index contributed by atoms with van der Waals surface area (Å²) in [6.07, 6.45) is 0.309. The van der Waals surface area contributed by atoms with Gasteiger partial charge in [-0.05, 0) is 37.3 Å². The molecule has 1 fully saturated rings. The number of anilines is 1. The van der Waals surface area contributed by atoms with Crippen molar-refractivity contribution in [2.75, 3.05) is 18.6 Å². The number of amides is 1. The summed E-state index contributed by atoms with van der Waals surface area (Å²) in [5, 5.41) is 4.00. The van der Waals surface area contributed by atoms with Gasteiger partial charge in [-0.3, -0.25) is 4.79 Å². The molecule has 1 amide bonds. The number of hydrogen-bond acceptors (Lipinski definition) is 5. The van der Waals surface area contributed by atoms with Crippen molar-refractivity contribution in [1.29, 1.82) is 0 Å². The molecule has 0 spiro atoms. The van der Waals surface area contributed by atoms with Crippen molar-refractivity contribution in [3.05, 3.63) is 59.7 Å². The molecule has 27 heavy (non-hydrogen) atoms. The molecule has 6 nitrogen and oxygen atoms in total. The summed E-state index contributed by atoms with van der Waals surface area (Å²) in [5.74, 6) is 0.159. The van der Waals surface area contributed by atoms with Crippen LogP contribution in [0.1, 0.15) is 23.7 Å². The maximum Gasteiger partial charge on any atom is 0.258 e. The number of halogens is 1. The van der Waals surface area contributed by atoms with Gasteiger partial charge in [-0.1, -0.05) is 22.9 Å². The van der Waals surface area contributed by atoms with Gasteiger partial charge in [0.1, 0.15) is 0 Å². The van der Waals surface area contributed by atoms with Crippen LogP contribution in [0.3, 0.4) is 0 Å². The second-order valence-corrected chi connectivity index (χ2v) is 6.55. The predicted molar refractivity (Wildman–Crippen MR) is 97.1 cm³/mol. The lowest BCUT2D eigenvalue weighted by Gasteiger charge is -2.16. The van der Waals surface area contributed by atoms with E-state index in [1.165, 1.54) is 19.2 Å². The van der Waals surface area contributed by atoms with Crippen molar-refractivity contribution in [3.8, 4) is 17.2 Å². The maximum absolute atomic E-state index is 13.9. The van der Waals surface area contributed by atoms with Gasteiger partial charge >= 0.3 is 0 Å². The van der Waals surface area contributed by atoms with E-state index >= 15 is 0 Å². The predicted octanol–water partition coefficient (Wildman–Crippen LogP) is 3.71. The molecule has 2 aromatic carbocycles. The molecule has 0 bridgehead atoms. The molecule has 0 saturated carbocycles. The third-order valence-electron chi connectivity index (χ3n) is 4.68. The molecule has 0 radical (unpaired) electrons. The highest BCUT2D eigenvalue weighted by Crippen LogP contribution is 2.32. The molecule has 3 aromatic rings. The number of carbonyl (C=O) groups is 1. The van der Waals surface area contributed by atoms with Crippen LogP contribution in [0, 0.1) is 12.7 Å². The van der Waals surface area contributed by atoms with E-state index in [0.717, 1.165) is 11.3 Å². The summed E-state index contributed by atoms with van der Waals surface area (Å²) in [6, 6.07) is 12.2. The zero-order valence-corrected chi connectivity index (χ0v) is 15.0. The second-order valence-electron chi connectivity index (χ2n) is 6.55. The minimum absolute atomic E-state index is 0.0192. The number of ether oxygens (including phenoxy) is 1. The van der Waals surface area contributed by atoms with Gasteiger partial charge in [-0.25, -0.2) is 4.39 Å². The van der Waals surface area contributed by atoms with Crippen molar-refractivity contribution < 1.29 is 18.4 Å². The van der Waals surface area contributed by atoms with Crippen LogP contribution in [0.5, 0.6) is 5.75 Å². The van der Waals surface area contributed by atoms with Crippen LogP contribution in [-0.4, -0.2) is 29.7 Å². The van der Waals surface area contributed by atoms with Crippen LogP contribution < -0.4 is 9.64 Å². The SMILES string of the molecule is COc1ccc(-c2nc([C@@H]3CC(=O)N(c4ccc(C)cc4)C3)no2)cc1F. The van der Waals surface area contributed by atoms with Crippen LogP contribution in [0.2, 0.25) is 0 Å². The van der Waals surface area contributed by atoms with Gasteiger partial charge in [0.2, 0.25) is 5.91 Å². The standard InChI is InChI=1S/C20H18FN3O3/c1-12-3-6-15(7-4-12)24-11-14(10-18(24)25)19-22-20(27-23-19)13-5-8-17(26-2)16(21)9-13/h3-9,14H,10-11H2,1-2H3/t14-/m1/s1. The summed E-state index contributed by atoms with van der Waals surface area (Å²) >= 11 is 0. The highest BCUT2D eigenvalue weighted by molar-refractivity contribution is 5.96. The van der Waals surface area contributed by atoms with Gasteiger partial charge in [-0.15, -0.1) is 0 Å². The lowest BCUT2D eigenvalue weighted by Crippen LogP contribution is -2.24. The number of carbonyl (C=O) groups excluding carboxylic acids is 1.